The van der Waals surface area contributed by atoms with Gasteiger partial charge in [-0.15, -0.1) is 0 Å². The van der Waals surface area contributed by atoms with Crippen LogP contribution in [0.25, 0.3) is 0 Å². The molecule has 1 aliphatic heterocycles. The van der Waals surface area contributed by atoms with Crippen LogP contribution in [0.5, 0.6) is 0 Å². The molecule has 1 aromatic rings. The lowest BCUT2D eigenvalue weighted by Gasteiger charge is -2.17. The van der Waals surface area contributed by atoms with E-state index in [0.29, 0.717) is 13.2 Å². The zero-order valence-corrected chi connectivity index (χ0v) is 9.46. The maximum Gasteiger partial charge on any atom is 0.271 e. The van der Waals surface area contributed by atoms with Crippen LogP contribution in [-0.4, -0.2) is 35.0 Å². The Morgan fingerprint density at radius 2 is 2.47 bits per heavy atom. The van der Waals surface area contributed by atoms with Crippen LogP contribution >= 0.6 is 0 Å². The Morgan fingerprint density at radius 1 is 1.59 bits per heavy atom. The van der Waals surface area contributed by atoms with E-state index in [-0.39, 0.29) is 12.0 Å². The fraction of sp³-hybridized carbons (Fsp3) is 0.636. The van der Waals surface area contributed by atoms with Crippen molar-refractivity contribution in [1.29, 1.82) is 0 Å². The van der Waals surface area contributed by atoms with Gasteiger partial charge in [-0.05, 0) is 18.9 Å². The summed E-state index contributed by atoms with van der Waals surface area (Å²) in [5.41, 5.74) is 2.01. The molecule has 1 saturated carbocycles. The van der Waals surface area contributed by atoms with Crippen LogP contribution in [0, 0.1) is 0 Å². The molecule has 1 aliphatic carbocycles. The number of nitrogens with zero attached hydrogens (tertiary/aromatic N) is 2. The predicted octanol–water partition coefficient (Wildman–Crippen LogP) is 0.209. The highest BCUT2D eigenvalue weighted by molar-refractivity contribution is 5.86. The molecule has 1 amide bonds. The van der Waals surface area contributed by atoms with Crippen molar-refractivity contribution in [2.45, 2.75) is 30.9 Å². The summed E-state index contributed by atoms with van der Waals surface area (Å²) in [5, 5.41) is 4.13. The van der Waals surface area contributed by atoms with Crippen molar-refractivity contribution in [3.63, 3.8) is 0 Å². The largest absolute Gasteiger partial charge is 0.379 e. The number of ether oxygens (including phenoxy) is 1. The summed E-state index contributed by atoms with van der Waals surface area (Å²) < 4.78 is 6.87. The minimum atomic E-state index is -0.525. The summed E-state index contributed by atoms with van der Waals surface area (Å²) in [6.45, 7) is 1.25. The summed E-state index contributed by atoms with van der Waals surface area (Å²) in [6.07, 6.45) is 5.92. The van der Waals surface area contributed by atoms with Crippen molar-refractivity contribution < 1.29 is 14.4 Å². The molecule has 0 spiro atoms. The molecule has 0 bridgehead atoms. The van der Waals surface area contributed by atoms with E-state index in [9.17, 15) is 4.79 Å². The number of amides is 1. The van der Waals surface area contributed by atoms with Crippen LogP contribution in [0.3, 0.4) is 0 Å². The first kappa shape index (κ1) is 10.7. The maximum absolute atomic E-state index is 12.0. The lowest BCUT2D eigenvalue weighted by Crippen LogP contribution is -2.41. The molecule has 0 aromatic carbocycles. The zero-order chi connectivity index (χ0) is 11.7. The lowest BCUT2D eigenvalue weighted by molar-refractivity contribution is -0.143. The number of nitrogens with one attached hydrogen (secondary N) is 1. The topological polar surface area (TPSA) is 65.4 Å². The van der Waals surface area contributed by atoms with Gasteiger partial charge in [0.1, 0.15) is 11.6 Å². The Bertz CT molecular complexity index is 394. The molecule has 2 aliphatic rings. The van der Waals surface area contributed by atoms with Gasteiger partial charge in [0.05, 0.1) is 6.61 Å². The van der Waals surface area contributed by atoms with Crippen LogP contribution < -0.4 is 5.48 Å². The number of aromatic nitrogens is 2. The van der Waals surface area contributed by atoms with Gasteiger partial charge in [-0.25, -0.2) is 5.48 Å². The minimum Gasteiger partial charge on any atom is -0.379 e. The molecule has 2 heterocycles. The average Bonchev–Trinajstić information content (AvgIpc) is 2.83. The van der Waals surface area contributed by atoms with Gasteiger partial charge in [-0.3, -0.25) is 14.3 Å². The van der Waals surface area contributed by atoms with Crippen molar-refractivity contribution in [2.75, 3.05) is 13.2 Å². The number of hydroxylamine groups is 1. The highest BCUT2D eigenvalue weighted by Gasteiger charge is 2.53. The number of rotatable bonds is 4. The van der Waals surface area contributed by atoms with Gasteiger partial charge in [0.2, 0.25) is 0 Å². The van der Waals surface area contributed by atoms with Crippen molar-refractivity contribution in [2.24, 2.45) is 0 Å². The van der Waals surface area contributed by atoms with E-state index in [1.807, 2.05) is 12.3 Å². The highest BCUT2D eigenvalue weighted by Crippen LogP contribution is 2.43. The standard InChI is InChI=1S/C11H15N3O3/c15-10(13-17-9-2-7-16-8-9)11(3-4-11)14-6-1-5-12-14/h1,5-6,9H,2-4,7-8H2,(H,13,15). The van der Waals surface area contributed by atoms with Crippen molar-refractivity contribution in [3.05, 3.63) is 18.5 Å². The molecule has 1 N–H and O–H groups in total. The Hall–Kier alpha value is -1.40. The summed E-state index contributed by atoms with van der Waals surface area (Å²) in [5.74, 6) is -0.117. The van der Waals surface area contributed by atoms with Gasteiger partial charge in [0, 0.05) is 25.4 Å². The molecule has 17 heavy (non-hydrogen) atoms. The third kappa shape index (κ3) is 1.94. The third-order valence-corrected chi connectivity index (χ3v) is 3.30. The second-order valence-corrected chi connectivity index (χ2v) is 4.52. The highest BCUT2D eigenvalue weighted by atomic mass is 16.7. The fourth-order valence-corrected chi connectivity index (χ4v) is 2.04. The lowest BCUT2D eigenvalue weighted by atomic mass is 10.2. The maximum atomic E-state index is 12.0. The van der Waals surface area contributed by atoms with Crippen LogP contribution in [0.4, 0.5) is 0 Å². The Kier molecular flexibility index (Phi) is 2.60. The van der Waals surface area contributed by atoms with E-state index in [1.165, 1.54) is 0 Å². The summed E-state index contributed by atoms with van der Waals surface area (Å²) in [4.78, 5) is 17.4. The fourth-order valence-electron chi connectivity index (χ4n) is 2.04. The molecule has 6 heteroatoms. The summed E-state index contributed by atoms with van der Waals surface area (Å²) in [7, 11) is 0. The molecule has 6 nitrogen and oxygen atoms in total. The van der Waals surface area contributed by atoms with Gasteiger partial charge in [0.25, 0.3) is 5.91 Å². The number of hydrogen-bond acceptors (Lipinski definition) is 4. The van der Waals surface area contributed by atoms with Crippen LogP contribution in [0.15, 0.2) is 18.5 Å². The van der Waals surface area contributed by atoms with Crippen molar-refractivity contribution in [1.82, 2.24) is 15.3 Å². The van der Waals surface area contributed by atoms with E-state index in [2.05, 4.69) is 10.6 Å². The van der Waals surface area contributed by atoms with Gasteiger partial charge < -0.3 is 4.74 Å². The number of carbonyl (C=O) groups is 1. The first-order chi connectivity index (χ1) is 8.31. The smallest absolute Gasteiger partial charge is 0.271 e. The second kappa shape index (κ2) is 4.12. The normalized spacial score (nSPS) is 25.8. The molecular formula is C11H15N3O3. The van der Waals surface area contributed by atoms with Crippen molar-refractivity contribution >= 4 is 5.91 Å². The molecule has 1 atom stereocenters. The van der Waals surface area contributed by atoms with E-state index in [1.54, 1.807) is 10.9 Å². The van der Waals surface area contributed by atoms with E-state index in [4.69, 9.17) is 9.57 Å². The molecule has 0 radical (unpaired) electrons. The molecule has 1 unspecified atom stereocenters. The second-order valence-electron chi connectivity index (χ2n) is 4.52. The first-order valence-corrected chi connectivity index (χ1v) is 5.85. The van der Waals surface area contributed by atoms with Crippen LogP contribution in [0.1, 0.15) is 19.3 Å². The van der Waals surface area contributed by atoms with E-state index >= 15 is 0 Å². The van der Waals surface area contributed by atoms with E-state index in [0.717, 1.165) is 19.3 Å². The predicted molar refractivity (Wildman–Crippen MR) is 57.9 cm³/mol. The molecule has 1 aromatic heterocycles. The Labute approximate surface area is 98.8 Å². The molecule has 92 valence electrons. The summed E-state index contributed by atoms with van der Waals surface area (Å²) in [6, 6.07) is 1.82. The first-order valence-electron chi connectivity index (χ1n) is 5.85. The monoisotopic (exact) mass is 237 g/mol. The zero-order valence-electron chi connectivity index (χ0n) is 9.46. The molecule has 3 rings (SSSR count). The van der Waals surface area contributed by atoms with Gasteiger partial charge in [-0.1, -0.05) is 0 Å². The van der Waals surface area contributed by atoms with Gasteiger partial charge in [-0.2, -0.15) is 5.10 Å². The SMILES string of the molecule is O=C(NOC1CCOC1)C1(n2cccn2)CC1. The number of hydrogen-bond donors (Lipinski definition) is 1. The quantitative estimate of drug-likeness (QED) is 0.760. The third-order valence-electron chi connectivity index (χ3n) is 3.30. The molecule has 1 saturated heterocycles. The molecule has 2 fully saturated rings. The minimum absolute atomic E-state index is 0.0210. The van der Waals surface area contributed by atoms with Crippen LogP contribution in [-0.2, 0) is 19.9 Å². The van der Waals surface area contributed by atoms with E-state index < -0.39 is 5.54 Å². The van der Waals surface area contributed by atoms with Crippen LogP contribution in [0.2, 0.25) is 0 Å². The van der Waals surface area contributed by atoms with Gasteiger partial charge >= 0.3 is 0 Å². The van der Waals surface area contributed by atoms with Crippen molar-refractivity contribution in [3.8, 4) is 0 Å². The Balaban J connectivity index is 1.59. The number of carbonyl (C=O) groups excluding carboxylic acids is 1. The Morgan fingerprint density at radius 3 is 3.06 bits per heavy atom. The summed E-state index contributed by atoms with van der Waals surface area (Å²) >= 11 is 0. The molecular weight excluding hydrogens is 222 g/mol. The average molecular weight is 237 g/mol. The van der Waals surface area contributed by atoms with Gasteiger partial charge in [0.15, 0.2) is 0 Å².